The molecule has 0 amide bonds. The number of phosphoric acid groups is 1. The summed E-state index contributed by atoms with van der Waals surface area (Å²) in [6.07, 6.45) is 25.0. The molecule has 1 aliphatic carbocycles. The Hall–Kier alpha value is -1.08. The van der Waals surface area contributed by atoms with Crippen molar-refractivity contribution < 1.29 is 58.3 Å². The number of rotatable bonds is 38. The molecule has 1 saturated carbocycles. The molecule has 1 aliphatic rings. The third-order valence-corrected chi connectivity index (χ3v) is 11.7. The number of hydrogen-bond donors (Lipinski definition) is 6. The van der Waals surface area contributed by atoms with Gasteiger partial charge in [0.1, 0.15) is 43.2 Å². The highest BCUT2D eigenvalue weighted by molar-refractivity contribution is 7.47. The third kappa shape index (κ3) is 26.8. The molecule has 12 nitrogen and oxygen atoms in total. The Bertz CT molecular complexity index is 984. The van der Waals surface area contributed by atoms with Gasteiger partial charge in [0.05, 0.1) is 12.9 Å². The summed E-state index contributed by atoms with van der Waals surface area (Å²) in [5, 5.41) is 50.1. The van der Waals surface area contributed by atoms with Gasteiger partial charge in [0.25, 0.3) is 0 Å². The fourth-order valence-electron chi connectivity index (χ4n) is 7.09. The van der Waals surface area contributed by atoms with Crippen molar-refractivity contribution in [2.75, 3.05) is 13.2 Å². The molecule has 1 rings (SSSR count). The average molecular weight is 823 g/mol. The number of unbranched alkanes of at least 4 members (excludes halogenated alkanes) is 26. The van der Waals surface area contributed by atoms with E-state index in [0.717, 1.165) is 38.5 Å². The van der Waals surface area contributed by atoms with Crippen LogP contribution in [0.5, 0.6) is 0 Å². The zero-order valence-corrected chi connectivity index (χ0v) is 36.1. The number of ether oxygens (including phenoxy) is 2. The molecule has 6 unspecified atom stereocenters. The maximum atomic E-state index is 12.8. The van der Waals surface area contributed by atoms with Crippen LogP contribution >= 0.6 is 7.82 Å². The lowest BCUT2D eigenvalue weighted by Crippen LogP contribution is -2.64. The van der Waals surface area contributed by atoms with Crippen molar-refractivity contribution in [1.82, 2.24) is 0 Å². The molecule has 0 aliphatic heterocycles. The fourth-order valence-corrected chi connectivity index (χ4v) is 8.06. The summed E-state index contributed by atoms with van der Waals surface area (Å²) in [6.45, 7) is 3.73. The van der Waals surface area contributed by atoms with Crippen molar-refractivity contribution in [2.24, 2.45) is 0 Å². The monoisotopic (exact) mass is 823 g/mol. The van der Waals surface area contributed by atoms with Crippen LogP contribution in [0.2, 0.25) is 0 Å². The van der Waals surface area contributed by atoms with Gasteiger partial charge in [-0.1, -0.05) is 174 Å². The van der Waals surface area contributed by atoms with E-state index in [2.05, 4.69) is 13.8 Å². The fraction of sp³-hybridized carbons (Fsp3) is 0.930. The number of carbonyl (C=O) groups excluding carboxylic acids is 1. The molecule has 0 heterocycles. The highest BCUT2D eigenvalue weighted by Gasteiger charge is 2.51. The van der Waals surface area contributed by atoms with Crippen LogP contribution in [0, 0.1) is 0 Å². The Labute approximate surface area is 339 Å². The van der Waals surface area contributed by atoms with Crippen molar-refractivity contribution in [1.29, 1.82) is 0 Å². The molecule has 0 bridgehead atoms. The summed E-state index contributed by atoms with van der Waals surface area (Å²) < 4.78 is 33.9. The van der Waals surface area contributed by atoms with E-state index in [0.29, 0.717) is 6.42 Å². The number of aliphatic hydroxyl groups is 5. The number of hydrogen-bond acceptors (Lipinski definition) is 11. The quantitative estimate of drug-likeness (QED) is 0.0150. The average Bonchev–Trinajstić information content (AvgIpc) is 3.18. The molecule has 0 aromatic heterocycles. The minimum absolute atomic E-state index is 0.155. The predicted molar refractivity (Wildman–Crippen MR) is 221 cm³/mol. The first-order valence-corrected chi connectivity index (χ1v) is 24.1. The van der Waals surface area contributed by atoms with Crippen LogP contribution in [0.3, 0.4) is 0 Å². The van der Waals surface area contributed by atoms with Crippen LogP contribution in [0.25, 0.3) is 0 Å². The van der Waals surface area contributed by atoms with Gasteiger partial charge in [0, 0.05) is 6.42 Å². The Morgan fingerprint density at radius 3 is 1.36 bits per heavy atom. The van der Waals surface area contributed by atoms with Crippen LogP contribution in [-0.4, -0.2) is 92.3 Å². The van der Waals surface area contributed by atoms with Gasteiger partial charge in [0.15, 0.2) is 6.10 Å². The van der Waals surface area contributed by atoms with E-state index in [-0.39, 0.29) is 13.0 Å². The van der Waals surface area contributed by atoms with Gasteiger partial charge in [-0.25, -0.2) is 4.57 Å². The van der Waals surface area contributed by atoms with Gasteiger partial charge in [-0.05, 0) is 25.3 Å². The van der Waals surface area contributed by atoms with E-state index >= 15 is 0 Å². The minimum atomic E-state index is -5.02. The van der Waals surface area contributed by atoms with Crippen molar-refractivity contribution in [3.63, 3.8) is 0 Å². The first kappa shape index (κ1) is 52.9. The number of phosphoric ester groups is 1. The van der Waals surface area contributed by atoms with Gasteiger partial charge in [0.2, 0.25) is 0 Å². The van der Waals surface area contributed by atoms with Crippen molar-refractivity contribution in [2.45, 2.75) is 243 Å². The largest absolute Gasteiger partial charge is 0.498 e. The topological polar surface area (TPSA) is 192 Å². The van der Waals surface area contributed by atoms with Crippen molar-refractivity contribution >= 4 is 13.8 Å². The van der Waals surface area contributed by atoms with Gasteiger partial charge in [-0.2, -0.15) is 0 Å². The van der Waals surface area contributed by atoms with Crippen molar-refractivity contribution in [3.05, 3.63) is 12.3 Å². The predicted octanol–water partition coefficient (Wildman–Crippen LogP) is 9.10. The maximum Gasteiger partial charge on any atom is 0.472 e. The van der Waals surface area contributed by atoms with Gasteiger partial charge < -0.3 is 39.9 Å². The smallest absolute Gasteiger partial charge is 0.472 e. The van der Waals surface area contributed by atoms with Gasteiger partial charge in [-0.15, -0.1) is 0 Å². The molecule has 0 aromatic carbocycles. The molecule has 8 atom stereocenters. The lowest BCUT2D eigenvalue weighted by molar-refractivity contribution is -0.220. The normalized spacial score (nSPS) is 23.0. The standard InChI is InChI=1S/C43H83O12P/c1-3-5-7-9-11-13-15-17-19-20-22-24-26-28-30-32-37(44)54-36(34-52-33-31-29-27-25-23-21-18-16-14-12-10-8-6-4-2)35-53-56(50,51)55-43-41(48)39(46)38(45)40(47)42(43)49/h31,33,36,38-43,45-49H,3-30,32,34-35H2,1-2H3,(H,50,51)/b33-31-/t36-,38?,39-,40?,41?,42?,43?/m1/s1. The number of esters is 1. The first-order chi connectivity index (χ1) is 27.0. The molecule has 13 heteroatoms. The molecule has 332 valence electrons. The summed E-state index contributed by atoms with van der Waals surface area (Å²) in [4.78, 5) is 23.1. The Kier molecular flexibility index (Phi) is 32.9. The van der Waals surface area contributed by atoms with Gasteiger partial charge in [-0.3, -0.25) is 13.8 Å². The summed E-state index contributed by atoms with van der Waals surface area (Å²) in [5.41, 5.74) is 0. The highest BCUT2D eigenvalue weighted by Crippen LogP contribution is 2.47. The molecule has 56 heavy (non-hydrogen) atoms. The molecule has 0 spiro atoms. The summed E-state index contributed by atoms with van der Waals surface area (Å²) in [5.74, 6) is -0.496. The van der Waals surface area contributed by atoms with Crippen LogP contribution in [0.15, 0.2) is 12.3 Å². The third-order valence-electron chi connectivity index (χ3n) is 10.7. The highest BCUT2D eigenvalue weighted by atomic mass is 31.2. The second kappa shape index (κ2) is 34.8. The zero-order valence-electron chi connectivity index (χ0n) is 35.2. The lowest BCUT2D eigenvalue weighted by atomic mass is 9.85. The van der Waals surface area contributed by atoms with Crippen LogP contribution in [-0.2, 0) is 27.9 Å². The van der Waals surface area contributed by atoms with E-state index in [1.54, 1.807) is 0 Å². The van der Waals surface area contributed by atoms with E-state index < -0.39 is 63.1 Å². The van der Waals surface area contributed by atoms with Crippen LogP contribution in [0.1, 0.15) is 200 Å². The Balaban J connectivity index is 2.43. The number of allylic oxidation sites excluding steroid dienone is 1. The van der Waals surface area contributed by atoms with Crippen LogP contribution < -0.4 is 0 Å². The summed E-state index contributed by atoms with van der Waals surface area (Å²) in [6, 6.07) is 0. The maximum absolute atomic E-state index is 12.8. The van der Waals surface area contributed by atoms with Crippen LogP contribution in [0.4, 0.5) is 0 Å². The molecule has 0 aromatic rings. The Morgan fingerprint density at radius 2 is 0.929 bits per heavy atom. The minimum Gasteiger partial charge on any atom is -0.498 e. The summed E-state index contributed by atoms with van der Waals surface area (Å²) in [7, 11) is -5.02. The van der Waals surface area contributed by atoms with Crippen molar-refractivity contribution in [3.8, 4) is 0 Å². The molecule has 6 N–H and O–H groups in total. The number of carbonyl (C=O) groups is 1. The molecular formula is C43H83O12P. The van der Waals surface area contributed by atoms with Gasteiger partial charge >= 0.3 is 13.8 Å². The van der Waals surface area contributed by atoms with E-state index in [4.69, 9.17) is 18.5 Å². The van der Waals surface area contributed by atoms with E-state index in [9.17, 15) is 39.8 Å². The molecule has 1 fully saturated rings. The number of aliphatic hydroxyl groups excluding tert-OH is 5. The summed E-state index contributed by atoms with van der Waals surface area (Å²) >= 11 is 0. The molecule has 0 saturated heterocycles. The molecular weight excluding hydrogens is 739 g/mol. The first-order valence-electron chi connectivity index (χ1n) is 22.6. The zero-order chi connectivity index (χ0) is 41.3. The Morgan fingerprint density at radius 1 is 0.554 bits per heavy atom. The van der Waals surface area contributed by atoms with E-state index in [1.165, 1.54) is 141 Å². The second-order valence-electron chi connectivity index (χ2n) is 16.0. The van der Waals surface area contributed by atoms with E-state index in [1.807, 2.05) is 6.08 Å². The molecule has 0 radical (unpaired) electrons. The SMILES string of the molecule is CCCCCCCCCCCCCC/C=C\OC[C@H](COP(=O)(O)OC1C(O)C(O)C(O)[C@@H](O)C1O)OC(=O)CCCCCCCCCCCCCCCCC. The lowest BCUT2D eigenvalue weighted by Gasteiger charge is -2.41. The second-order valence-corrected chi connectivity index (χ2v) is 17.4.